The van der Waals surface area contributed by atoms with E-state index in [1.165, 1.54) is 0 Å². The number of piperidine rings is 1. The lowest BCUT2D eigenvalue weighted by Crippen LogP contribution is -2.42. The smallest absolute Gasteiger partial charge is 0.407 e. The SMILES string of the molecule is COc1ccccc1C(=O)NCC1CCN(C(=O)CCNC(=O)OC(C)(C)C)CC1. The normalized spacial score (nSPS) is 14.7. The summed E-state index contributed by atoms with van der Waals surface area (Å²) in [6, 6.07) is 7.13. The Labute approximate surface area is 178 Å². The number of rotatable bonds is 7. The van der Waals surface area contributed by atoms with Crippen molar-refractivity contribution in [3.63, 3.8) is 0 Å². The van der Waals surface area contributed by atoms with E-state index in [4.69, 9.17) is 9.47 Å². The number of carbonyl (C=O) groups excluding carboxylic acids is 3. The van der Waals surface area contributed by atoms with Crippen LogP contribution in [0.2, 0.25) is 0 Å². The third-order valence-corrected chi connectivity index (χ3v) is 4.88. The maximum atomic E-state index is 12.4. The maximum absolute atomic E-state index is 12.4. The Hall–Kier alpha value is -2.77. The van der Waals surface area contributed by atoms with Crippen LogP contribution in [0.5, 0.6) is 5.75 Å². The van der Waals surface area contributed by atoms with Crippen LogP contribution in [-0.4, -0.2) is 61.7 Å². The third-order valence-electron chi connectivity index (χ3n) is 4.88. The summed E-state index contributed by atoms with van der Waals surface area (Å²) in [6.45, 7) is 7.50. The van der Waals surface area contributed by atoms with E-state index >= 15 is 0 Å². The van der Waals surface area contributed by atoms with Gasteiger partial charge < -0.3 is 25.0 Å². The summed E-state index contributed by atoms with van der Waals surface area (Å²) < 4.78 is 10.4. The number of carbonyl (C=O) groups is 3. The summed E-state index contributed by atoms with van der Waals surface area (Å²) in [5.41, 5.74) is -0.0399. The van der Waals surface area contributed by atoms with E-state index in [0.717, 1.165) is 12.8 Å². The average Bonchev–Trinajstić information content (AvgIpc) is 2.71. The number of methoxy groups -OCH3 is 1. The van der Waals surface area contributed by atoms with Crippen molar-refractivity contribution in [3.8, 4) is 5.75 Å². The van der Waals surface area contributed by atoms with Crippen LogP contribution in [-0.2, 0) is 9.53 Å². The van der Waals surface area contributed by atoms with Crippen molar-refractivity contribution in [2.24, 2.45) is 5.92 Å². The van der Waals surface area contributed by atoms with Crippen LogP contribution >= 0.6 is 0 Å². The molecule has 166 valence electrons. The quantitative estimate of drug-likeness (QED) is 0.708. The van der Waals surface area contributed by atoms with Gasteiger partial charge in [0.15, 0.2) is 0 Å². The van der Waals surface area contributed by atoms with Crippen molar-refractivity contribution in [1.82, 2.24) is 15.5 Å². The minimum atomic E-state index is -0.558. The van der Waals surface area contributed by atoms with Crippen molar-refractivity contribution in [2.75, 3.05) is 33.3 Å². The number of amides is 3. The molecule has 8 nitrogen and oxygen atoms in total. The van der Waals surface area contributed by atoms with Crippen LogP contribution in [0.3, 0.4) is 0 Å². The molecular formula is C22H33N3O5. The van der Waals surface area contributed by atoms with Gasteiger partial charge in [-0.05, 0) is 51.7 Å². The molecule has 1 aliphatic rings. The Morgan fingerprint density at radius 1 is 1.10 bits per heavy atom. The minimum absolute atomic E-state index is 0.0163. The van der Waals surface area contributed by atoms with Crippen LogP contribution in [0.25, 0.3) is 0 Å². The molecule has 2 N–H and O–H groups in total. The molecule has 1 aliphatic heterocycles. The molecule has 8 heteroatoms. The number of nitrogens with zero attached hydrogens (tertiary/aromatic N) is 1. The van der Waals surface area contributed by atoms with Gasteiger partial charge in [0.2, 0.25) is 5.91 Å². The molecule has 1 heterocycles. The Morgan fingerprint density at radius 2 is 1.77 bits per heavy atom. The topological polar surface area (TPSA) is 97.0 Å². The number of nitrogens with one attached hydrogen (secondary N) is 2. The lowest BCUT2D eigenvalue weighted by molar-refractivity contribution is -0.132. The summed E-state index contributed by atoms with van der Waals surface area (Å²) in [5.74, 6) is 0.741. The lowest BCUT2D eigenvalue weighted by Gasteiger charge is -2.32. The molecule has 0 aliphatic carbocycles. The van der Waals surface area contributed by atoms with Gasteiger partial charge in [0.05, 0.1) is 12.7 Å². The van der Waals surface area contributed by atoms with Gasteiger partial charge in [-0.1, -0.05) is 12.1 Å². The molecular weight excluding hydrogens is 386 g/mol. The first-order chi connectivity index (χ1) is 14.2. The van der Waals surface area contributed by atoms with Gasteiger partial charge in [-0.25, -0.2) is 4.79 Å². The third kappa shape index (κ3) is 7.57. The molecule has 30 heavy (non-hydrogen) atoms. The zero-order valence-electron chi connectivity index (χ0n) is 18.3. The molecule has 3 amide bonds. The second kappa shape index (κ2) is 10.8. The first kappa shape index (κ1) is 23.5. The molecule has 0 saturated carbocycles. The molecule has 1 aromatic carbocycles. The lowest BCUT2D eigenvalue weighted by atomic mass is 9.96. The maximum Gasteiger partial charge on any atom is 0.407 e. The fraction of sp³-hybridized carbons (Fsp3) is 0.591. The number of hydrogen-bond donors (Lipinski definition) is 2. The minimum Gasteiger partial charge on any atom is -0.496 e. The number of ether oxygens (including phenoxy) is 2. The zero-order chi connectivity index (χ0) is 22.1. The summed E-state index contributed by atoms with van der Waals surface area (Å²) in [4.78, 5) is 38.2. The molecule has 0 atom stereocenters. The standard InChI is InChI=1S/C22H33N3O5/c1-22(2,3)30-21(28)23-12-9-19(26)25-13-10-16(11-14-25)15-24-20(27)17-7-5-6-8-18(17)29-4/h5-8,16H,9-15H2,1-4H3,(H,23,28)(H,24,27). The van der Waals surface area contributed by atoms with Crippen LogP contribution in [0.15, 0.2) is 24.3 Å². The van der Waals surface area contributed by atoms with E-state index < -0.39 is 11.7 Å². The van der Waals surface area contributed by atoms with Crippen molar-refractivity contribution in [3.05, 3.63) is 29.8 Å². The van der Waals surface area contributed by atoms with Gasteiger partial charge in [-0.15, -0.1) is 0 Å². The predicted octanol–water partition coefficient (Wildman–Crippen LogP) is 2.58. The number of hydrogen-bond acceptors (Lipinski definition) is 5. The van der Waals surface area contributed by atoms with E-state index in [0.29, 0.717) is 36.9 Å². The molecule has 0 bridgehead atoms. The number of likely N-dealkylation sites (tertiary alicyclic amines) is 1. The van der Waals surface area contributed by atoms with Crippen LogP contribution in [0.1, 0.15) is 50.4 Å². The number of benzene rings is 1. The van der Waals surface area contributed by atoms with E-state index in [-0.39, 0.29) is 24.8 Å². The van der Waals surface area contributed by atoms with Crippen molar-refractivity contribution >= 4 is 17.9 Å². The fourth-order valence-corrected chi connectivity index (χ4v) is 3.29. The molecule has 1 aromatic rings. The molecule has 2 rings (SSSR count). The highest BCUT2D eigenvalue weighted by molar-refractivity contribution is 5.96. The molecule has 0 spiro atoms. The fourth-order valence-electron chi connectivity index (χ4n) is 3.29. The van der Waals surface area contributed by atoms with Gasteiger partial charge >= 0.3 is 6.09 Å². The first-order valence-electron chi connectivity index (χ1n) is 10.4. The van der Waals surface area contributed by atoms with Gasteiger partial charge in [-0.2, -0.15) is 0 Å². The summed E-state index contributed by atoms with van der Waals surface area (Å²) in [7, 11) is 1.54. The van der Waals surface area contributed by atoms with E-state index in [9.17, 15) is 14.4 Å². The molecule has 0 aromatic heterocycles. The number of para-hydroxylation sites is 1. The summed E-state index contributed by atoms with van der Waals surface area (Å²) >= 11 is 0. The predicted molar refractivity (Wildman–Crippen MR) is 113 cm³/mol. The molecule has 1 saturated heterocycles. The van der Waals surface area contributed by atoms with Gasteiger partial charge in [0.1, 0.15) is 11.4 Å². The Kier molecular flexibility index (Phi) is 8.50. The Balaban J connectivity index is 1.67. The number of alkyl carbamates (subject to hydrolysis) is 1. The molecule has 1 fully saturated rings. The van der Waals surface area contributed by atoms with Gasteiger partial charge in [-0.3, -0.25) is 9.59 Å². The molecule has 0 unspecified atom stereocenters. The highest BCUT2D eigenvalue weighted by Gasteiger charge is 2.24. The highest BCUT2D eigenvalue weighted by atomic mass is 16.6. The second-order valence-electron chi connectivity index (χ2n) is 8.41. The Morgan fingerprint density at radius 3 is 2.40 bits per heavy atom. The Bertz CT molecular complexity index is 737. The van der Waals surface area contributed by atoms with Crippen molar-refractivity contribution < 1.29 is 23.9 Å². The largest absolute Gasteiger partial charge is 0.496 e. The van der Waals surface area contributed by atoms with Crippen molar-refractivity contribution in [2.45, 2.75) is 45.6 Å². The van der Waals surface area contributed by atoms with Gasteiger partial charge in [0.25, 0.3) is 5.91 Å². The molecule has 0 radical (unpaired) electrons. The van der Waals surface area contributed by atoms with Crippen LogP contribution in [0.4, 0.5) is 4.79 Å². The van der Waals surface area contributed by atoms with E-state index in [1.54, 1.807) is 46.1 Å². The summed E-state index contributed by atoms with van der Waals surface area (Å²) in [5, 5.41) is 5.58. The first-order valence-corrected chi connectivity index (χ1v) is 10.4. The van der Waals surface area contributed by atoms with Crippen molar-refractivity contribution in [1.29, 1.82) is 0 Å². The monoisotopic (exact) mass is 419 g/mol. The van der Waals surface area contributed by atoms with Crippen LogP contribution in [0, 0.1) is 5.92 Å². The average molecular weight is 420 g/mol. The second-order valence-corrected chi connectivity index (χ2v) is 8.41. The van der Waals surface area contributed by atoms with E-state index in [1.807, 2.05) is 11.0 Å². The zero-order valence-corrected chi connectivity index (χ0v) is 18.3. The summed E-state index contributed by atoms with van der Waals surface area (Å²) in [6.07, 6.45) is 1.39. The highest BCUT2D eigenvalue weighted by Crippen LogP contribution is 2.19. The van der Waals surface area contributed by atoms with Gasteiger partial charge in [0, 0.05) is 32.6 Å². The van der Waals surface area contributed by atoms with Crippen LogP contribution < -0.4 is 15.4 Å². The van der Waals surface area contributed by atoms with E-state index in [2.05, 4.69) is 10.6 Å².